The standard InChI is InChI=1S/C13H19ClN4S/c1-4-7-17(8-5-2)13-12(19-3)16-11-10(14)15-6-9-18(11)13/h6,9H,4-5,7-8H2,1-3H3. The molecule has 0 aliphatic carbocycles. The third-order valence-corrected chi connectivity index (χ3v) is 3.85. The van der Waals surface area contributed by atoms with E-state index in [0.717, 1.165) is 42.4 Å². The van der Waals surface area contributed by atoms with E-state index in [2.05, 4.69) is 28.7 Å². The van der Waals surface area contributed by atoms with Gasteiger partial charge in [0.2, 0.25) is 0 Å². The van der Waals surface area contributed by atoms with Gasteiger partial charge in [-0.1, -0.05) is 25.4 Å². The summed E-state index contributed by atoms with van der Waals surface area (Å²) in [6.45, 7) is 6.43. The molecular formula is C13H19ClN4S. The van der Waals surface area contributed by atoms with Crippen molar-refractivity contribution < 1.29 is 0 Å². The fourth-order valence-corrected chi connectivity index (χ4v) is 2.98. The average molecular weight is 299 g/mol. The van der Waals surface area contributed by atoms with Crippen LogP contribution in [0.4, 0.5) is 5.82 Å². The molecule has 0 N–H and O–H groups in total. The Balaban J connectivity index is 2.58. The second-order valence-corrected chi connectivity index (χ2v) is 5.50. The highest BCUT2D eigenvalue weighted by Gasteiger charge is 2.18. The zero-order valence-electron chi connectivity index (χ0n) is 11.6. The Morgan fingerprint density at radius 3 is 2.58 bits per heavy atom. The van der Waals surface area contributed by atoms with Crippen LogP contribution in [0.1, 0.15) is 26.7 Å². The smallest absolute Gasteiger partial charge is 0.177 e. The van der Waals surface area contributed by atoms with Crippen molar-refractivity contribution in [2.24, 2.45) is 0 Å². The van der Waals surface area contributed by atoms with E-state index in [1.165, 1.54) is 0 Å². The van der Waals surface area contributed by atoms with Crippen LogP contribution < -0.4 is 4.90 Å². The molecular weight excluding hydrogens is 280 g/mol. The second kappa shape index (κ2) is 6.48. The molecule has 0 saturated heterocycles. The Morgan fingerprint density at radius 2 is 2.00 bits per heavy atom. The van der Waals surface area contributed by atoms with E-state index in [1.54, 1.807) is 18.0 Å². The highest BCUT2D eigenvalue weighted by molar-refractivity contribution is 7.98. The minimum absolute atomic E-state index is 0.456. The number of thioether (sulfide) groups is 1. The van der Waals surface area contributed by atoms with Gasteiger partial charge in [-0.3, -0.25) is 4.40 Å². The van der Waals surface area contributed by atoms with Crippen LogP contribution in [0.5, 0.6) is 0 Å². The van der Waals surface area contributed by atoms with Crippen molar-refractivity contribution >= 4 is 34.8 Å². The number of halogens is 1. The molecule has 0 atom stereocenters. The van der Waals surface area contributed by atoms with Gasteiger partial charge in [-0.25, -0.2) is 9.97 Å². The first-order valence-electron chi connectivity index (χ1n) is 6.54. The van der Waals surface area contributed by atoms with E-state index < -0.39 is 0 Å². The van der Waals surface area contributed by atoms with Gasteiger partial charge in [-0.05, 0) is 19.1 Å². The quantitative estimate of drug-likeness (QED) is 0.761. The largest absolute Gasteiger partial charge is 0.355 e. The van der Waals surface area contributed by atoms with Crippen LogP contribution in [0.25, 0.3) is 5.65 Å². The second-order valence-electron chi connectivity index (χ2n) is 4.34. The van der Waals surface area contributed by atoms with E-state index in [1.807, 2.05) is 16.9 Å². The molecule has 0 aliphatic heterocycles. The Labute approximate surface area is 123 Å². The number of imidazole rings is 1. The molecule has 0 unspecified atom stereocenters. The van der Waals surface area contributed by atoms with Crippen molar-refractivity contribution in [2.75, 3.05) is 24.2 Å². The van der Waals surface area contributed by atoms with Crippen LogP contribution in [0.15, 0.2) is 17.4 Å². The Morgan fingerprint density at radius 1 is 1.32 bits per heavy atom. The maximum absolute atomic E-state index is 6.14. The molecule has 0 saturated carbocycles. The van der Waals surface area contributed by atoms with Gasteiger partial charge < -0.3 is 4.90 Å². The number of nitrogens with zero attached hydrogens (tertiary/aromatic N) is 4. The lowest BCUT2D eigenvalue weighted by atomic mass is 10.3. The molecule has 2 aromatic heterocycles. The number of hydrogen-bond donors (Lipinski definition) is 0. The topological polar surface area (TPSA) is 33.4 Å². The average Bonchev–Trinajstić information content (AvgIpc) is 2.78. The number of anilines is 1. The van der Waals surface area contributed by atoms with Gasteiger partial charge in [0, 0.05) is 25.5 Å². The molecule has 6 heteroatoms. The van der Waals surface area contributed by atoms with Crippen molar-refractivity contribution in [2.45, 2.75) is 31.7 Å². The predicted octanol–water partition coefficient (Wildman–Crippen LogP) is 3.73. The van der Waals surface area contributed by atoms with Gasteiger partial charge in [0.15, 0.2) is 10.8 Å². The molecule has 2 rings (SSSR count). The van der Waals surface area contributed by atoms with Gasteiger partial charge in [-0.2, -0.15) is 0 Å². The predicted molar refractivity (Wildman–Crippen MR) is 82.6 cm³/mol. The van der Waals surface area contributed by atoms with Crippen molar-refractivity contribution in [3.63, 3.8) is 0 Å². The van der Waals surface area contributed by atoms with Crippen LogP contribution >= 0.6 is 23.4 Å². The summed E-state index contributed by atoms with van der Waals surface area (Å²) >= 11 is 7.79. The molecule has 0 bridgehead atoms. The first kappa shape index (κ1) is 14.5. The first-order chi connectivity index (χ1) is 9.22. The molecule has 0 spiro atoms. The van der Waals surface area contributed by atoms with Gasteiger partial charge in [0.25, 0.3) is 0 Å². The van der Waals surface area contributed by atoms with E-state index in [-0.39, 0.29) is 0 Å². The van der Waals surface area contributed by atoms with Crippen molar-refractivity contribution in [1.82, 2.24) is 14.4 Å². The summed E-state index contributed by atoms with van der Waals surface area (Å²) in [6, 6.07) is 0. The van der Waals surface area contributed by atoms with E-state index in [9.17, 15) is 0 Å². The van der Waals surface area contributed by atoms with E-state index in [4.69, 9.17) is 11.6 Å². The number of hydrogen-bond acceptors (Lipinski definition) is 4. The van der Waals surface area contributed by atoms with Crippen molar-refractivity contribution in [1.29, 1.82) is 0 Å². The number of fused-ring (bicyclic) bond motifs is 1. The van der Waals surface area contributed by atoms with Gasteiger partial charge in [0.05, 0.1) is 0 Å². The fraction of sp³-hybridized carbons (Fsp3) is 0.538. The lowest BCUT2D eigenvalue weighted by Gasteiger charge is -2.23. The zero-order chi connectivity index (χ0) is 13.8. The molecule has 0 amide bonds. The third-order valence-electron chi connectivity index (χ3n) is 2.92. The summed E-state index contributed by atoms with van der Waals surface area (Å²) in [6.07, 6.45) is 7.92. The monoisotopic (exact) mass is 298 g/mol. The van der Waals surface area contributed by atoms with Crippen LogP contribution in [0.3, 0.4) is 0 Å². The lowest BCUT2D eigenvalue weighted by Crippen LogP contribution is -2.26. The summed E-state index contributed by atoms with van der Waals surface area (Å²) in [5.74, 6) is 1.13. The minimum Gasteiger partial charge on any atom is -0.355 e. The maximum Gasteiger partial charge on any atom is 0.177 e. The van der Waals surface area contributed by atoms with Crippen LogP contribution in [-0.2, 0) is 0 Å². The normalized spacial score (nSPS) is 11.2. The minimum atomic E-state index is 0.456. The van der Waals surface area contributed by atoms with Gasteiger partial charge in [-0.15, -0.1) is 11.8 Å². The molecule has 0 fully saturated rings. The number of aromatic nitrogens is 3. The fourth-order valence-electron chi connectivity index (χ4n) is 2.20. The SMILES string of the molecule is CCCN(CCC)c1c(SC)nc2c(Cl)nccn12. The summed E-state index contributed by atoms with van der Waals surface area (Å²) in [4.78, 5) is 11.1. The highest BCUT2D eigenvalue weighted by atomic mass is 35.5. The van der Waals surface area contributed by atoms with Crippen LogP contribution in [0.2, 0.25) is 5.15 Å². The Hall–Kier alpha value is -0.940. The van der Waals surface area contributed by atoms with Crippen molar-refractivity contribution in [3.05, 3.63) is 17.5 Å². The molecule has 19 heavy (non-hydrogen) atoms. The summed E-state index contributed by atoms with van der Waals surface area (Å²) < 4.78 is 2.05. The van der Waals surface area contributed by atoms with Gasteiger partial charge in [0.1, 0.15) is 10.8 Å². The molecule has 4 nitrogen and oxygen atoms in total. The van der Waals surface area contributed by atoms with Crippen molar-refractivity contribution in [3.8, 4) is 0 Å². The molecule has 0 aliphatic rings. The Kier molecular flexibility index (Phi) is 4.93. The summed E-state index contributed by atoms with van der Waals surface area (Å²) in [5, 5.41) is 1.47. The summed E-state index contributed by atoms with van der Waals surface area (Å²) in [7, 11) is 0. The third kappa shape index (κ3) is 2.82. The molecule has 2 heterocycles. The van der Waals surface area contributed by atoms with E-state index >= 15 is 0 Å². The van der Waals surface area contributed by atoms with Gasteiger partial charge >= 0.3 is 0 Å². The Bertz CT molecular complexity index is 549. The van der Waals surface area contributed by atoms with E-state index in [0.29, 0.717) is 5.15 Å². The van der Waals surface area contributed by atoms with Crippen LogP contribution in [0, 0.1) is 0 Å². The van der Waals surface area contributed by atoms with Crippen LogP contribution in [-0.4, -0.2) is 33.7 Å². The highest BCUT2D eigenvalue weighted by Crippen LogP contribution is 2.31. The molecule has 0 aromatic carbocycles. The lowest BCUT2D eigenvalue weighted by molar-refractivity contribution is 0.723. The summed E-state index contributed by atoms with van der Waals surface area (Å²) in [5.41, 5.74) is 0.737. The molecule has 0 radical (unpaired) electrons. The molecule has 2 aromatic rings. The maximum atomic E-state index is 6.14. The molecule has 104 valence electrons. The number of rotatable bonds is 6. The zero-order valence-corrected chi connectivity index (χ0v) is 13.1. The first-order valence-corrected chi connectivity index (χ1v) is 8.14.